The molecule has 0 atom stereocenters. The van der Waals surface area contributed by atoms with Gasteiger partial charge in [-0.2, -0.15) is 0 Å². The van der Waals surface area contributed by atoms with Gasteiger partial charge in [0.15, 0.2) is 5.75 Å². The molecule has 0 saturated carbocycles. The first kappa shape index (κ1) is 18.0. The number of hydrogen-bond acceptors (Lipinski definition) is 5. The van der Waals surface area contributed by atoms with Gasteiger partial charge in [-0.3, -0.25) is 9.69 Å². The van der Waals surface area contributed by atoms with E-state index in [9.17, 15) is 9.90 Å². The summed E-state index contributed by atoms with van der Waals surface area (Å²) in [5.41, 5.74) is 0.706. The average molecular weight is 322 g/mol. The molecule has 2 heterocycles. The van der Waals surface area contributed by atoms with E-state index in [1.807, 2.05) is 4.57 Å². The van der Waals surface area contributed by atoms with Crippen LogP contribution >= 0.6 is 0 Å². The topological polar surface area (TPSA) is 52.0 Å². The van der Waals surface area contributed by atoms with Crippen molar-refractivity contribution in [3.8, 4) is 5.75 Å². The smallest absolute Gasteiger partial charge is 0.223 e. The van der Waals surface area contributed by atoms with Crippen LogP contribution in [0.5, 0.6) is 5.75 Å². The minimum Gasteiger partial charge on any atom is -0.503 e. The van der Waals surface area contributed by atoms with Gasteiger partial charge in [0.25, 0.3) is 0 Å². The summed E-state index contributed by atoms with van der Waals surface area (Å²) in [6.45, 7) is 12.9. The van der Waals surface area contributed by atoms with Crippen molar-refractivity contribution in [1.82, 2.24) is 19.3 Å². The number of pyridine rings is 1. The van der Waals surface area contributed by atoms with Gasteiger partial charge in [-0.1, -0.05) is 13.8 Å². The molecule has 0 spiro atoms. The molecule has 0 unspecified atom stereocenters. The minimum atomic E-state index is -0.284. The second-order valence-electron chi connectivity index (χ2n) is 6.31. The van der Waals surface area contributed by atoms with Crippen LogP contribution in [0.2, 0.25) is 0 Å². The summed E-state index contributed by atoms with van der Waals surface area (Å²) < 4.78 is 2.04. The zero-order valence-corrected chi connectivity index (χ0v) is 14.7. The standard InChI is InChI=1S/C17H30N4O2/c1-4-19(5-2)10-11-21-14-17(23)16(22)12-15(21)13-20-8-6-18(3)7-9-20/h12,14,23H,4-11,13H2,1-3H3. The Bertz CT molecular complexity index is 546. The summed E-state index contributed by atoms with van der Waals surface area (Å²) in [7, 11) is 2.14. The van der Waals surface area contributed by atoms with Gasteiger partial charge in [0.05, 0.1) is 6.20 Å². The van der Waals surface area contributed by atoms with Crippen LogP contribution in [0.15, 0.2) is 17.1 Å². The molecule has 1 saturated heterocycles. The molecular formula is C17H30N4O2. The fourth-order valence-corrected chi connectivity index (χ4v) is 2.97. The Morgan fingerprint density at radius 2 is 1.83 bits per heavy atom. The summed E-state index contributed by atoms with van der Waals surface area (Å²) in [5.74, 6) is -0.160. The van der Waals surface area contributed by atoms with Crippen molar-refractivity contribution >= 4 is 0 Å². The van der Waals surface area contributed by atoms with Crippen LogP contribution in [0.25, 0.3) is 0 Å². The first-order valence-electron chi connectivity index (χ1n) is 8.59. The Hall–Kier alpha value is -1.37. The predicted octanol–water partition coefficient (Wildman–Crippen LogP) is 0.643. The van der Waals surface area contributed by atoms with Gasteiger partial charge in [-0.15, -0.1) is 0 Å². The van der Waals surface area contributed by atoms with Crippen LogP contribution in [-0.2, 0) is 13.1 Å². The van der Waals surface area contributed by atoms with E-state index >= 15 is 0 Å². The van der Waals surface area contributed by atoms with Crippen LogP contribution in [0.4, 0.5) is 0 Å². The molecule has 23 heavy (non-hydrogen) atoms. The highest BCUT2D eigenvalue weighted by atomic mass is 16.3. The van der Waals surface area contributed by atoms with Crippen molar-refractivity contribution < 1.29 is 5.11 Å². The molecule has 1 aliphatic rings. The number of rotatable bonds is 7. The van der Waals surface area contributed by atoms with Crippen LogP contribution in [0.1, 0.15) is 19.5 Å². The fourth-order valence-electron chi connectivity index (χ4n) is 2.97. The maximum atomic E-state index is 11.8. The summed E-state index contributed by atoms with van der Waals surface area (Å²) >= 11 is 0. The van der Waals surface area contributed by atoms with Crippen LogP contribution in [0, 0.1) is 0 Å². The number of piperazine rings is 1. The van der Waals surface area contributed by atoms with Gasteiger partial charge in [0.1, 0.15) is 0 Å². The lowest BCUT2D eigenvalue weighted by atomic mass is 10.2. The summed E-state index contributed by atoms with van der Waals surface area (Å²) in [6.07, 6.45) is 1.59. The number of nitrogens with zero attached hydrogens (tertiary/aromatic N) is 4. The molecule has 0 aliphatic carbocycles. The summed E-state index contributed by atoms with van der Waals surface area (Å²) in [6, 6.07) is 1.59. The Balaban J connectivity index is 2.10. The van der Waals surface area contributed by atoms with E-state index in [0.29, 0.717) is 0 Å². The van der Waals surface area contributed by atoms with Crippen molar-refractivity contribution in [2.45, 2.75) is 26.9 Å². The first-order chi connectivity index (χ1) is 11.0. The van der Waals surface area contributed by atoms with Crippen LogP contribution in [-0.4, -0.2) is 77.2 Å². The van der Waals surface area contributed by atoms with Crippen molar-refractivity contribution in [2.24, 2.45) is 0 Å². The highest BCUT2D eigenvalue weighted by Crippen LogP contribution is 2.10. The molecule has 6 heteroatoms. The van der Waals surface area contributed by atoms with Crippen molar-refractivity contribution in [1.29, 1.82) is 0 Å². The molecule has 2 rings (SSSR count). The highest BCUT2D eigenvalue weighted by Gasteiger charge is 2.16. The van der Waals surface area contributed by atoms with Gasteiger partial charge in [0, 0.05) is 57.6 Å². The molecule has 130 valence electrons. The van der Waals surface area contributed by atoms with Gasteiger partial charge in [-0.05, 0) is 20.1 Å². The monoisotopic (exact) mass is 322 g/mol. The molecule has 0 aromatic carbocycles. The number of aromatic nitrogens is 1. The van der Waals surface area contributed by atoms with E-state index in [0.717, 1.165) is 64.6 Å². The molecule has 1 aromatic rings. The molecule has 1 aromatic heterocycles. The minimum absolute atomic E-state index is 0.160. The Morgan fingerprint density at radius 3 is 2.43 bits per heavy atom. The maximum Gasteiger partial charge on any atom is 0.223 e. The molecule has 6 nitrogen and oxygen atoms in total. The third-order valence-electron chi connectivity index (χ3n) is 4.73. The zero-order valence-electron chi connectivity index (χ0n) is 14.7. The zero-order chi connectivity index (χ0) is 16.8. The first-order valence-corrected chi connectivity index (χ1v) is 8.59. The largest absolute Gasteiger partial charge is 0.503 e. The molecule has 0 radical (unpaired) electrons. The average Bonchev–Trinajstić information content (AvgIpc) is 2.54. The lowest BCUT2D eigenvalue weighted by Crippen LogP contribution is -2.44. The molecule has 0 amide bonds. The van der Waals surface area contributed by atoms with E-state index in [4.69, 9.17) is 0 Å². The number of aromatic hydroxyl groups is 1. The third kappa shape index (κ3) is 5.06. The Kier molecular flexibility index (Phi) is 6.62. The second kappa shape index (κ2) is 8.47. The number of likely N-dealkylation sites (N-methyl/N-ethyl adjacent to an activating group) is 2. The van der Waals surface area contributed by atoms with E-state index < -0.39 is 0 Å². The van der Waals surface area contributed by atoms with E-state index in [2.05, 4.69) is 35.6 Å². The quantitative estimate of drug-likeness (QED) is 0.798. The second-order valence-corrected chi connectivity index (χ2v) is 6.31. The lowest BCUT2D eigenvalue weighted by molar-refractivity contribution is 0.144. The number of hydrogen-bond donors (Lipinski definition) is 1. The predicted molar refractivity (Wildman–Crippen MR) is 92.9 cm³/mol. The van der Waals surface area contributed by atoms with Crippen molar-refractivity contribution in [3.63, 3.8) is 0 Å². The molecule has 0 bridgehead atoms. The normalized spacial score (nSPS) is 17.0. The fraction of sp³-hybridized carbons (Fsp3) is 0.706. The summed E-state index contributed by atoms with van der Waals surface area (Å²) in [4.78, 5) is 18.9. The lowest BCUT2D eigenvalue weighted by Gasteiger charge is -2.33. The Morgan fingerprint density at radius 1 is 1.17 bits per heavy atom. The summed E-state index contributed by atoms with van der Waals surface area (Å²) in [5, 5.41) is 9.78. The Labute approximate surface area is 138 Å². The maximum absolute atomic E-state index is 11.8. The molecule has 1 N–H and O–H groups in total. The SMILES string of the molecule is CCN(CC)CCn1cc(O)c(=O)cc1CN1CCN(C)CC1. The third-order valence-corrected chi connectivity index (χ3v) is 4.73. The van der Waals surface area contributed by atoms with Gasteiger partial charge in [0.2, 0.25) is 5.43 Å². The van der Waals surface area contributed by atoms with Crippen molar-refractivity contribution in [2.75, 3.05) is 52.9 Å². The van der Waals surface area contributed by atoms with Crippen LogP contribution < -0.4 is 5.43 Å². The van der Waals surface area contributed by atoms with Gasteiger partial charge in [-0.25, -0.2) is 0 Å². The highest BCUT2D eigenvalue weighted by molar-refractivity contribution is 5.20. The molecule has 1 fully saturated rings. The van der Waals surface area contributed by atoms with Gasteiger partial charge < -0.3 is 19.5 Å². The molecular weight excluding hydrogens is 292 g/mol. The molecule has 1 aliphatic heterocycles. The van der Waals surface area contributed by atoms with E-state index in [1.165, 1.54) is 0 Å². The van der Waals surface area contributed by atoms with E-state index in [-0.39, 0.29) is 11.2 Å². The van der Waals surface area contributed by atoms with E-state index in [1.54, 1.807) is 12.3 Å². The van der Waals surface area contributed by atoms with Crippen molar-refractivity contribution in [3.05, 3.63) is 28.2 Å². The van der Waals surface area contributed by atoms with Crippen LogP contribution in [0.3, 0.4) is 0 Å². The van der Waals surface area contributed by atoms with Gasteiger partial charge >= 0.3 is 0 Å².